The largest absolute Gasteiger partial charge is 0.508 e. The lowest BCUT2D eigenvalue weighted by Crippen LogP contribution is -2.58. The fraction of sp³-hybridized carbons (Fsp3) is 0.0870. The van der Waals surface area contributed by atoms with Crippen LogP contribution in [0, 0.1) is 0 Å². The summed E-state index contributed by atoms with van der Waals surface area (Å²) < 4.78 is 4.34. The average molecular weight is 388 g/mol. The van der Waals surface area contributed by atoms with Crippen LogP contribution in [-0.2, 0) is 0 Å². The van der Waals surface area contributed by atoms with Crippen molar-refractivity contribution in [2.45, 2.75) is 6.92 Å². The Morgan fingerprint density at radius 1 is 0.862 bits per heavy atom. The van der Waals surface area contributed by atoms with E-state index in [0.29, 0.717) is 12.4 Å². The first kappa shape index (κ1) is 18.6. The van der Waals surface area contributed by atoms with E-state index in [1.807, 2.05) is 6.92 Å². The highest BCUT2D eigenvalue weighted by Crippen LogP contribution is 2.38. The number of phenolic OH excluding ortho intramolecular Hbond substituents is 1. The molecule has 144 valence electrons. The maximum atomic E-state index is 13.6. The highest BCUT2D eigenvalue weighted by atomic mass is 16.5. The number of benzene rings is 3. The van der Waals surface area contributed by atoms with Gasteiger partial charge in [-0.2, -0.15) is 0 Å². The molecule has 6 heteroatoms. The molecule has 1 aliphatic rings. The Kier molecular flexibility index (Phi) is 4.48. The van der Waals surface area contributed by atoms with Crippen LogP contribution in [0.4, 0.5) is 5.69 Å². The lowest BCUT2D eigenvalue weighted by molar-refractivity contribution is 0.0572. The summed E-state index contributed by atoms with van der Waals surface area (Å²) in [6.45, 7) is 2.32. The van der Waals surface area contributed by atoms with Gasteiger partial charge in [0.25, 0.3) is 0 Å². The first-order chi connectivity index (χ1) is 14.0. The number of rotatable bonds is 4. The Morgan fingerprint density at radius 2 is 1.41 bits per heavy atom. The van der Waals surface area contributed by atoms with Crippen LogP contribution in [0.1, 0.15) is 38.0 Å². The third-order valence-corrected chi connectivity index (χ3v) is 4.95. The molecule has 1 heterocycles. The minimum atomic E-state index is -1.10. The molecule has 0 fully saturated rings. The molecule has 3 aromatic carbocycles. The molecule has 29 heavy (non-hydrogen) atoms. The minimum Gasteiger partial charge on any atom is -0.508 e. The number of nitrogens with zero attached hydrogens (tertiary/aromatic N) is 1. The van der Waals surface area contributed by atoms with Crippen LogP contribution in [0.15, 0.2) is 72.8 Å². The van der Waals surface area contributed by atoms with Gasteiger partial charge in [0.15, 0.2) is 5.69 Å². The Morgan fingerprint density at radius 3 is 1.93 bits per heavy atom. The third kappa shape index (κ3) is 2.73. The molecule has 4 rings (SSSR count). The molecule has 0 saturated heterocycles. The van der Waals surface area contributed by atoms with Gasteiger partial charge in [0.2, 0.25) is 0 Å². The highest BCUT2D eigenvalue weighted by molar-refractivity contribution is 6.41. The maximum Gasteiger partial charge on any atom is 0.367 e. The van der Waals surface area contributed by atoms with Crippen molar-refractivity contribution >= 4 is 23.4 Å². The number of quaternary nitrogens is 1. The standard InChI is InChI=1S/C23H17NO5/c1-2-29-18-13-9-16(10-14-18)24(21(26)15-7-11-17(25)12-8-15)22(27)19-5-3-4-6-20(19)23(24)28/h3-14H,2H2,1H3/p+1. The highest BCUT2D eigenvalue weighted by Gasteiger charge is 2.61. The lowest BCUT2D eigenvalue weighted by atomic mass is 10.1. The van der Waals surface area contributed by atoms with Gasteiger partial charge in [0.1, 0.15) is 11.5 Å². The van der Waals surface area contributed by atoms with Crippen LogP contribution >= 0.6 is 0 Å². The molecule has 0 saturated carbocycles. The predicted octanol–water partition coefficient (Wildman–Crippen LogP) is 3.93. The monoisotopic (exact) mass is 388 g/mol. The number of aromatic hydroxyl groups is 1. The average Bonchev–Trinajstić information content (AvgIpc) is 2.97. The van der Waals surface area contributed by atoms with E-state index in [-0.39, 0.29) is 28.1 Å². The number of fused-ring (bicyclic) bond motifs is 1. The van der Waals surface area contributed by atoms with Crippen LogP contribution in [0.3, 0.4) is 0 Å². The maximum absolute atomic E-state index is 13.6. The molecular formula is C23H18NO5+. The summed E-state index contributed by atoms with van der Waals surface area (Å²) >= 11 is 0. The quantitative estimate of drug-likeness (QED) is 0.541. The van der Waals surface area contributed by atoms with E-state index in [9.17, 15) is 19.5 Å². The summed E-state index contributed by atoms with van der Waals surface area (Å²) in [6, 6.07) is 18.3. The molecule has 0 aromatic heterocycles. The molecule has 0 radical (unpaired) electrons. The van der Waals surface area contributed by atoms with Crippen molar-refractivity contribution in [2.24, 2.45) is 0 Å². The molecule has 1 N–H and O–H groups in total. The number of hydrogen-bond donors (Lipinski definition) is 1. The lowest BCUT2D eigenvalue weighted by Gasteiger charge is -2.25. The van der Waals surface area contributed by atoms with E-state index in [4.69, 9.17) is 4.74 Å². The van der Waals surface area contributed by atoms with Gasteiger partial charge < -0.3 is 9.84 Å². The van der Waals surface area contributed by atoms with Crippen LogP contribution in [0.25, 0.3) is 0 Å². The van der Waals surface area contributed by atoms with Crippen LogP contribution in [0.2, 0.25) is 0 Å². The second-order valence-corrected chi connectivity index (χ2v) is 6.61. The van der Waals surface area contributed by atoms with Gasteiger partial charge in [-0.1, -0.05) is 16.6 Å². The predicted molar refractivity (Wildman–Crippen MR) is 107 cm³/mol. The fourth-order valence-corrected chi connectivity index (χ4v) is 3.58. The molecule has 0 unspecified atom stereocenters. The molecule has 0 bridgehead atoms. The zero-order valence-electron chi connectivity index (χ0n) is 15.7. The van der Waals surface area contributed by atoms with Gasteiger partial charge in [-0.25, -0.2) is 14.4 Å². The Balaban J connectivity index is 1.93. The van der Waals surface area contributed by atoms with E-state index in [1.54, 1.807) is 48.5 Å². The summed E-state index contributed by atoms with van der Waals surface area (Å²) in [5, 5.41) is 9.55. The summed E-state index contributed by atoms with van der Waals surface area (Å²) in [5.41, 5.74) is 0.793. The molecule has 0 spiro atoms. The van der Waals surface area contributed by atoms with Crippen LogP contribution in [-0.4, -0.2) is 29.4 Å². The molecule has 0 atom stereocenters. The van der Waals surface area contributed by atoms with Gasteiger partial charge in [-0.15, -0.1) is 0 Å². The van der Waals surface area contributed by atoms with E-state index in [0.717, 1.165) is 0 Å². The Hall–Kier alpha value is -3.77. The SMILES string of the molecule is CCOc1ccc([N+]2(C(=O)c3ccc(O)cc3)C(=O)c3ccccc3C2=O)cc1. The smallest absolute Gasteiger partial charge is 0.367 e. The van der Waals surface area contributed by atoms with Crippen molar-refractivity contribution in [1.29, 1.82) is 0 Å². The van der Waals surface area contributed by atoms with Gasteiger partial charge in [0.05, 0.1) is 23.3 Å². The Bertz CT molecular complexity index is 1080. The molecular weight excluding hydrogens is 370 g/mol. The number of phenols is 1. The van der Waals surface area contributed by atoms with Crippen molar-refractivity contribution in [3.8, 4) is 11.5 Å². The fourth-order valence-electron chi connectivity index (χ4n) is 3.58. The van der Waals surface area contributed by atoms with Crippen molar-refractivity contribution in [1.82, 2.24) is 4.48 Å². The number of carbonyl (C=O) groups excluding carboxylic acids is 3. The molecule has 3 amide bonds. The first-order valence-electron chi connectivity index (χ1n) is 9.15. The number of carbonyl (C=O) groups is 3. The van der Waals surface area contributed by atoms with E-state index in [1.165, 1.54) is 24.3 Å². The number of hydrogen-bond acceptors (Lipinski definition) is 5. The molecule has 3 aromatic rings. The second kappa shape index (κ2) is 7.00. The molecule has 6 nitrogen and oxygen atoms in total. The molecule has 1 aliphatic heterocycles. The van der Waals surface area contributed by atoms with Gasteiger partial charge in [-0.3, -0.25) is 0 Å². The normalized spacial score (nSPS) is 14.5. The van der Waals surface area contributed by atoms with Crippen molar-refractivity contribution in [2.75, 3.05) is 6.61 Å². The number of imide groups is 3. The zero-order chi connectivity index (χ0) is 20.6. The topological polar surface area (TPSA) is 80.7 Å². The van der Waals surface area contributed by atoms with Crippen molar-refractivity contribution in [3.05, 3.63) is 89.5 Å². The third-order valence-electron chi connectivity index (χ3n) is 4.95. The van der Waals surface area contributed by atoms with Crippen molar-refractivity contribution in [3.63, 3.8) is 0 Å². The van der Waals surface area contributed by atoms with Crippen molar-refractivity contribution < 1.29 is 24.2 Å². The van der Waals surface area contributed by atoms with Gasteiger partial charge in [0, 0.05) is 12.1 Å². The van der Waals surface area contributed by atoms with E-state index in [2.05, 4.69) is 0 Å². The summed E-state index contributed by atoms with van der Waals surface area (Å²) in [6.07, 6.45) is 0. The summed E-state index contributed by atoms with van der Waals surface area (Å²) in [7, 11) is 0. The van der Waals surface area contributed by atoms with Gasteiger partial charge >= 0.3 is 17.7 Å². The molecule has 0 aliphatic carbocycles. The second-order valence-electron chi connectivity index (χ2n) is 6.61. The van der Waals surface area contributed by atoms with Gasteiger partial charge in [-0.05, 0) is 55.5 Å². The number of amides is 3. The van der Waals surface area contributed by atoms with E-state index >= 15 is 0 Å². The zero-order valence-corrected chi connectivity index (χ0v) is 15.7. The van der Waals surface area contributed by atoms with Crippen LogP contribution in [0.5, 0.6) is 11.5 Å². The van der Waals surface area contributed by atoms with Crippen LogP contribution < -0.4 is 9.22 Å². The Labute approximate surface area is 167 Å². The minimum absolute atomic E-state index is 0.0171. The van der Waals surface area contributed by atoms with E-state index < -0.39 is 22.2 Å². The first-order valence-corrected chi connectivity index (χ1v) is 9.15. The summed E-state index contributed by atoms with van der Waals surface area (Å²) in [4.78, 5) is 40.5. The number of ether oxygens (including phenoxy) is 1. The summed E-state index contributed by atoms with van der Waals surface area (Å²) in [5.74, 6) is -1.33.